The lowest BCUT2D eigenvalue weighted by Gasteiger charge is -2.19. The van der Waals surface area contributed by atoms with Crippen molar-refractivity contribution in [3.8, 4) is 11.5 Å². The molecule has 3 aromatic rings. The van der Waals surface area contributed by atoms with Crippen LogP contribution < -0.4 is 21.1 Å². The van der Waals surface area contributed by atoms with E-state index in [1.165, 1.54) is 6.07 Å². The highest BCUT2D eigenvalue weighted by Crippen LogP contribution is 2.26. The summed E-state index contributed by atoms with van der Waals surface area (Å²) in [5.74, 6) is -1.47. The van der Waals surface area contributed by atoms with Gasteiger partial charge in [0.1, 0.15) is 11.5 Å². The molecule has 30 heavy (non-hydrogen) atoms. The second-order valence-corrected chi connectivity index (χ2v) is 6.43. The minimum Gasteiger partial charge on any atom is -0.457 e. The monoisotopic (exact) mass is 411 g/mol. The van der Waals surface area contributed by atoms with Crippen LogP contribution in [0.25, 0.3) is 0 Å². The number of hydrogen-bond acceptors (Lipinski definition) is 3. The van der Waals surface area contributed by atoms with E-state index in [1.54, 1.807) is 36.4 Å². The van der Waals surface area contributed by atoms with E-state index in [9.17, 15) is 18.4 Å². The zero-order valence-corrected chi connectivity index (χ0v) is 15.8. The minimum absolute atomic E-state index is 0.0953. The van der Waals surface area contributed by atoms with E-state index in [0.717, 1.165) is 12.1 Å². The summed E-state index contributed by atoms with van der Waals surface area (Å²) in [6.07, 6.45) is -0.184. The predicted octanol–water partition coefficient (Wildman–Crippen LogP) is 4.50. The maximum atomic E-state index is 13.3. The third-order valence-electron chi connectivity index (χ3n) is 4.15. The number of para-hydroxylation sites is 1. The number of amides is 3. The summed E-state index contributed by atoms with van der Waals surface area (Å²) in [7, 11) is 0. The zero-order chi connectivity index (χ0) is 21.5. The molecular formula is C22H19F2N3O3. The molecule has 8 heteroatoms. The number of rotatable bonds is 7. The Kier molecular flexibility index (Phi) is 6.59. The molecule has 0 unspecified atom stereocenters. The fourth-order valence-corrected chi connectivity index (χ4v) is 2.81. The summed E-state index contributed by atoms with van der Waals surface area (Å²) in [5.41, 5.74) is 5.93. The second kappa shape index (κ2) is 9.51. The Labute approximate surface area is 171 Å². The highest BCUT2D eigenvalue weighted by molar-refractivity contribution is 5.91. The largest absolute Gasteiger partial charge is 0.457 e. The molecule has 0 saturated carbocycles. The molecule has 0 radical (unpaired) electrons. The van der Waals surface area contributed by atoms with Crippen LogP contribution in [0.1, 0.15) is 18.0 Å². The van der Waals surface area contributed by atoms with Crippen molar-refractivity contribution < 1.29 is 23.1 Å². The molecular weight excluding hydrogens is 392 g/mol. The molecule has 0 saturated heterocycles. The van der Waals surface area contributed by atoms with Crippen LogP contribution in [0.3, 0.4) is 0 Å². The Hall–Kier alpha value is -3.94. The molecule has 0 aliphatic carbocycles. The highest BCUT2D eigenvalue weighted by Gasteiger charge is 2.19. The summed E-state index contributed by atoms with van der Waals surface area (Å²) >= 11 is 0. The molecule has 0 fully saturated rings. The van der Waals surface area contributed by atoms with Gasteiger partial charge in [-0.2, -0.15) is 0 Å². The van der Waals surface area contributed by atoms with E-state index in [0.29, 0.717) is 17.1 Å². The molecule has 4 N–H and O–H groups in total. The normalized spacial score (nSPS) is 11.4. The van der Waals surface area contributed by atoms with Crippen LogP contribution in [0.4, 0.5) is 19.3 Å². The van der Waals surface area contributed by atoms with Gasteiger partial charge < -0.3 is 21.1 Å². The van der Waals surface area contributed by atoms with Gasteiger partial charge in [-0.15, -0.1) is 0 Å². The number of carbonyl (C=O) groups is 2. The van der Waals surface area contributed by atoms with Gasteiger partial charge in [-0.1, -0.05) is 30.3 Å². The third kappa shape index (κ3) is 5.78. The molecule has 0 aromatic heterocycles. The Bertz CT molecular complexity index is 1040. The Morgan fingerprint density at radius 2 is 1.63 bits per heavy atom. The van der Waals surface area contributed by atoms with Gasteiger partial charge in [0.25, 0.3) is 0 Å². The number of ether oxygens (including phenoxy) is 1. The van der Waals surface area contributed by atoms with Crippen molar-refractivity contribution in [2.75, 3.05) is 5.32 Å². The van der Waals surface area contributed by atoms with Crippen LogP contribution in [-0.4, -0.2) is 11.9 Å². The van der Waals surface area contributed by atoms with E-state index in [2.05, 4.69) is 10.6 Å². The molecule has 3 amide bonds. The highest BCUT2D eigenvalue weighted by atomic mass is 19.2. The van der Waals surface area contributed by atoms with Crippen LogP contribution in [-0.2, 0) is 4.79 Å². The summed E-state index contributed by atoms with van der Waals surface area (Å²) in [6.45, 7) is 0. The predicted molar refractivity (Wildman–Crippen MR) is 108 cm³/mol. The first-order valence-corrected chi connectivity index (χ1v) is 9.04. The number of nitrogens with one attached hydrogen (secondary N) is 2. The molecule has 0 aliphatic rings. The van der Waals surface area contributed by atoms with Gasteiger partial charge >= 0.3 is 6.03 Å². The van der Waals surface area contributed by atoms with Gasteiger partial charge in [-0.25, -0.2) is 13.6 Å². The smallest absolute Gasteiger partial charge is 0.312 e. The lowest BCUT2D eigenvalue weighted by molar-refractivity contribution is -0.116. The third-order valence-corrected chi connectivity index (χ3v) is 4.15. The molecule has 0 spiro atoms. The SMILES string of the molecule is NC(=O)N[C@H](CC(=O)Nc1ccc(F)c(F)c1)c1cccc(Oc2ccccc2)c1. The van der Waals surface area contributed by atoms with Gasteiger partial charge in [0.2, 0.25) is 5.91 Å². The molecule has 154 valence electrons. The summed E-state index contributed by atoms with van der Waals surface area (Å²) < 4.78 is 32.2. The van der Waals surface area contributed by atoms with Crippen LogP contribution in [0, 0.1) is 11.6 Å². The van der Waals surface area contributed by atoms with Gasteiger partial charge in [0.05, 0.1) is 12.5 Å². The van der Waals surface area contributed by atoms with Gasteiger partial charge in [-0.05, 0) is 42.0 Å². The molecule has 0 bridgehead atoms. The summed E-state index contributed by atoms with van der Waals surface area (Å²) in [4.78, 5) is 23.8. The first-order valence-electron chi connectivity index (χ1n) is 9.04. The standard InChI is InChI=1S/C22H19F2N3O3/c23-18-10-9-15(12-19(18)24)26-21(28)13-20(27-22(25)29)14-5-4-8-17(11-14)30-16-6-2-1-3-7-16/h1-12,20H,13H2,(H,26,28)(H3,25,27,29)/t20-/m1/s1. The minimum atomic E-state index is -1.08. The van der Waals surface area contributed by atoms with Gasteiger partial charge in [0.15, 0.2) is 11.6 Å². The van der Waals surface area contributed by atoms with Crippen molar-refractivity contribution in [1.82, 2.24) is 5.32 Å². The number of nitrogens with two attached hydrogens (primary N) is 1. The van der Waals surface area contributed by atoms with E-state index in [-0.39, 0.29) is 12.1 Å². The molecule has 0 heterocycles. The first-order chi connectivity index (χ1) is 14.4. The molecule has 1 atom stereocenters. The molecule has 6 nitrogen and oxygen atoms in total. The second-order valence-electron chi connectivity index (χ2n) is 6.43. The van der Waals surface area contributed by atoms with Crippen molar-refractivity contribution in [2.24, 2.45) is 5.73 Å². The number of urea groups is 1. The van der Waals surface area contributed by atoms with Crippen molar-refractivity contribution in [3.05, 3.63) is 90.0 Å². The van der Waals surface area contributed by atoms with Crippen molar-refractivity contribution in [2.45, 2.75) is 12.5 Å². The average molecular weight is 411 g/mol. The first kappa shape index (κ1) is 20.8. The van der Waals surface area contributed by atoms with E-state index >= 15 is 0 Å². The zero-order valence-electron chi connectivity index (χ0n) is 15.8. The van der Waals surface area contributed by atoms with Crippen LogP contribution >= 0.6 is 0 Å². The fraction of sp³-hybridized carbons (Fsp3) is 0.0909. The van der Waals surface area contributed by atoms with Crippen molar-refractivity contribution in [3.63, 3.8) is 0 Å². The number of anilines is 1. The fourth-order valence-electron chi connectivity index (χ4n) is 2.81. The van der Waals surface area contributed by atoms with Gasteiger partial charge in [0, 0.05) is 11.8 Å². The Balaban J connectivity index is 1.75. The Morgan fingerprint density at radius 1 is 0.900 bits per heavy atom. The lowest BCUT2D eigenvalue weighted by atomic mass is 10.0. The maximum Gasteiger partial charge on any atom is 0.312 e. The maximum absolute atomic E-state index is 13.3. The summed E-state index contributed by atoms with van der Waals surface area (Å²) in [6, 6.07) is 17.4. The molecule has 3 aromatic carbocycles. The number of carbonyl (C=O) groups excluding carboxylic acids is 2. The van der Waals surface area contributed by atoms with Crippen LogP contribution in [0.5, 0.6) is 11.5 Å². The quantitative estimate of drug-likeness (QED) is 0.535. The topological polar surface area (TPSA) is 93.5 Å². The van der Waals surface area contributed by atoms with Crippen LogP contribution in [0.15, 0.2) is 72.8 Å². The van der Waals surface area contributed by atoms with E-state index in [1.807, 2.05) is 18.2 Å². The van der Waals surface area contributed by atoms with Gasteiger partial charge in [-0.3, -0.25) is 4.79 Å². The van der Waals surface area contributed by atoms with E-state index in [4.69, 9.17) is 10.5 Å². The summed E-state index contributed by atoms with van der Waals surface area (Å²) in [5, 5.41) is 4.98. The average Bonchev–Trinajstić information content (AvgIpc) is 2.71. The Morgan fingerprint density at radius 3 is 2.33 bits per heavy atom. The van der Waals surface area contributed by atoms with Crippen molar-refractivity contribution in [1.29, 1.82) is 0 Å². The molecule has 3 rings (SSSR count). The number of hydrogen-bond donors (Lipinski definition) is 3. The number of benzene rings is 3. The van der Waals surface area contributed by atoms with E-state index < -0.39 is 29.6 Å². The number of primary amides is 1. The number of halogens is 2. The van der Waals surface area contributed by atoms with Crippen LogP contribution in [0.2, 0.25) is 0 Å². The molecule has 0 aliphatic heterocycles. The lowest BCUT2D eigenvalue weighted by Crippen LogP contribution is -2.35. The van der Waals surface area contributed by atoms with Crippen molar-refractivity contribution >= 4 is 17.6 Å².